The summed E-state index contributed by atoms with van der Waals surface area (Å²) in [5.41, 5.74) is 1.37. The Morgan fingerprint density at radius 2 is 2.00 bits per heavy atom. The number of hydrogen-bond acceptors (Lipinski definition) is 5. The first kappa shape index (κ1) is 16.8. The topological polar surface area (TPSA) is 81.4 Å². The fraction of sp³-hybridized carbons (Fsp3) is 0.471. The van der Waals surface area contributed by atoms with E-state index in [4.69, 9.17) is 9.26 Å². The van der Waals surface area contributed by atoms with Gasteiger partial charge in [0.1, 0.15) is 11.5 Å². The summed E-state index contributed by atoms with van der Waals surface area (Å²) in [5.74, 6) is 1.65. The second-order valence-corrected chi connectivity index (χ2v) is 8.74. The smallest absolute Gasteiger partial charge is 0.263 e. The van der Waals surface area contributed by atoms with Gasteiger partial charge in [-0.05, 0) is 43.5 Å². The van der Waals surface area contributed by atoms with E-state index in [0.29, 0.717) is 17.9 Å². The summed E-state index contributed by atoms with van der Waals surface area (Å²) in [6.45, 7) is 8.44. The first-order valence-corrected chi connectivity index (χ1v) is 9.42. The van der Waals surface area contributed by atoms with E-state index in [-0.39, 0.29) is 16.1 Å². The van der Waals surface area contributed by atoms with Crippen LogP contribution in [-0.2, 0) is 21.9 Å². The van der Waals surface area contributed by atoms with Crippen LogP contribution in [-0.4, -0.2) is 20.2 Å². The van der Waals surface area contributed by atoms with Crippen LogP contribution >= 0.6 is 0 Å². The Labute approximate surface area is 142 Å². The molecule has 0 saturated carbocycles. The van der Waals surface area contributed by atoms with Crippen molar-refractivity contribution in [3.63, 3.8) is 0 Å². The van der Waals surface area contributed by atoms with Crippen molar-refractivity contribution in [3.05, 3.63) is 35.1 Å². The molecule has 2 heterocycles. The molecule has 1 aromatic heterocycles. The van der Waals surface area contributed by atoms with Gasteiger partial charge in [0.25, 0.3) is 10.0 Å². The molecule has 1 aliphatic heterocycles. The highest BCUT2D eigenvalue weighted by atomic mass is 32.2. The molecule has 0 atom stereocenters. The van der Waals surface area contributed by atoms with E-state index in [1.165, 1.54) is 0 Å². The number of nitrogens with zero attached hydrogens (tertiary/aromatic N) is 1. The van der Waals surface area contributed by atoms with Crippen molar-refractivity contribution >= 4 is 15.8 Å². The minimum Gasteiger partial charge on any atom is -0.493 e. The lowest BCUT2D eigenvalue weighted by Gasteiger charge is -2.18. The summed E-state index contributed by atoms with van der Waals surface area (Å²) in [4.78, 5) is 0.200. The van der Waals surface area contributed by atoms with Crippen LogP contribution in [0.5, 0.6) is 5.75 Å². The van der Waals surface area contributed by atoms with Gasteiger partial charge in [-0.3, -0.25) is 4.72 Å². The second kappa shape index (κ2) is 5.81. The zero-order valence-electron chi connectivity index (χ0n) is 14.3. The summed E-state index contributed by atoms with van der Waals surface area (Å²) < 4.78 is 38.7. The number of anilines is 1. The highest BCUT2D eigenvalue weighted by Gasteiger charge is 2.27. The standard InChI is InChI=1S/C17H22N2O4S/c1-11-15(17(2,3)4)23-18-16(11)19-24(20,21)13-7-8-14-12(10-13)6-5-9-22-14/h7-8,10H,5-6,9H2,1-4H3,(H,18,19). The fourth-order valence-electron chi connectivity index (χ4n) is 2.82. The molecule has 7 heteroatoms. The van der Waals surface area contributed by atoms with Crippen LogP contribution in [0.4, 0.5) is 5.82 Å². The van der Waals surface area contributed by atoms with Gasteiger partial charge < -0.3 is 9.26 Å². The maximum atomic E-state index is 12.7. The predicted molar refractivity (Wildman–Crippen MR) is 91.0 cm³/mol. The molecule has 0 spiro atoms. The van der Waals surface area contributed by atoms with Crippen molar-refractivity contribution in [1.29, 1.82) is 0 Å². The van der Waals surface area contributed by atoms with Gasteiger partial charge in [-0.25, -0.2) is 8.42 Å². The highest BCUT2D eigenvalue weighted by Crippen LogP contribution is 2.32. The van der Waals surface area contributed by atoms with Crippen LogP contribution in [0.2, 0.25) is 0 Å². The largest absolute Gasteiger partial charge is 0.493 e. The average molecular weight is 350 g/mol. The van der Waals surface area contributed by atoms with E-state index in [2.05, 4.69) is 9.88 Å². The molecule has 0 unspecified atom stereocenters. The lowest BCUT2D eigenvalue weighted by molar-refractivity contribution is 0.288. The number of nitrogens with one attached hydrogen (secondary N) is 1. The molecule has 24 heavy (non-hydrogen) atoms. The Bertz CT molecular complexity index is 863. The first-order valence-electron chi connectivity index (χ1n) is 7.94. The number of fused-ring (bicyclic) bond motifs is 1. The number of aromatic nitrogens is 1. The minimum absolute atomic E-state index is 0.200. The van der Waals surface area contributed by atoms with Gasteiger partial charge in [-0.2, -0.15) is 0 Å². The molecule has 1 aromatic carbocycles. The van der Waals surface area contributed by atoms with Gasteiger partial charge in [0.15, 0.2) is 5.82 Å². The molecule has 0 aliphatic carbocycles. The summed E-state index contributed by atoms with van der Waals surface area (Å²) in [7, 11) is -3.73. The third kappa shape index (κ3) is 3.13. The number of rotatable bonds is 3. The van der Waals surface area contributed by atoms with E-state index >= 15 is 0 Å². The Balaban J connectivity index is 1.91. The van der Waals surface area contributed by atoms with Gasteiger partial charge in [0.05, 0.1) is 11.5 Å². The van der Waals surface area contributed by atoms with E-state index in [0.717, 1.165) is 24.2 Å². The molecule has 2 aromatic rings. The molecule has 3 rings (SSSR count). The van der Waals surface area contributed by atoms with E-state index < -0.39 is 10.0 Å². The normalized spacial score (nSPS) is 14.8. The van der Waals surface area contributed by atoms with Crippen molar-refractivity contribution in [2.45, 2.75) is 50.8 Å². The summed E-state index contributed by atoms with van der Waals surface area (Å²) in [6.07, 6.45) is 1.71. The molecule has 0 saturated heterocycles. The maximum absolute atomic E-state index is 12.7. The van der Waals surface area contributed by atoms with E-state index in [9.17, 15) is 8.42 Å². The third-order valence-electron chi connectivity index (χ3n) is 4.03. The van der Waals surface area contributed by atoms with Gasteiger partial charge >= 0.3 is 0 Å². The summed E-state index contributed by atoms with van der Waals surface area (Å²) in [5, 5.41) is 3.89. The Morgan fingerprint density at radius 1 is 1.25 bits per heavy atom. The molecule has 130 valence electrons. The van der Waals surface area contributed by atoms with Gasteiger partial charge in [-0.1, -0.05) is 25.9 Å². The molecule has 1 N–H and O–H groups in total. The molecular formula is C17H22N2O4S. The first-order chi connectivity index (χ1) is 11.2. The fourth-order valence-corrected chi connectivity index (χ4v) is 3.93. The van der Waals surface area contributed by atoms with Crippen molar-refractivity contribution in [2.75, 3.05) is 11.3 Å². The molecule has 1 aliphatic rings. The van der Waals surface area contributed by atoms with Crippen LogP contribution in [0.25, 0.3) is 0 Å². The Kier molecular flexibility index (Phi) is 4.07. The van der Waals surface area contributed by atoms with Crippen LogP contribution in [0.15, 0.2) is 27.6 Å². The summed E-state index contributed by atoms with van der Waals surface area (Å²) >= 11 is 0. The maximum Gasteiger partial charge on any atom is 0.263 e. The number of aryl methyl sites for hydroxylation is 1. The number of ether oxygens (including phenoxy) is 1. The number of hydrogen-bond donors (Lipinski definition) is 1. The van der Waals surface area contributed by atoms with Crippen molar-refractivity contribution in [3.8, 4) is 5.75 Å². The highest BCUT2D eigenvalue weighted by molar-refractivity contribution is 7.92. The molecule has 0 radical (unpaired) electrons. The van der Waals surface area contributed by atoms with Crippen LogP contribution in [0.3, 0.4) is 0 Å². The van der Waals surface area contributed by atoms with Crippen molar-refractivity contribution in [1.82, 2.24) is 5.16 Å². The molecule has 0 bridgehead atoms. The number of benzene rings is 1. The zero-order valence-corrected chi connectivity index (χ0v) is 15.2. The van der Waals surface area contributed by atoms with Crippen LogP contribution in [0, 0.1) is 6.92 Å². The van der Waals surface area contributed by atoms with Crippen LogP contribution in [0.1, 0.15) is 44.1 Å². The SMILES string of the molecule is Cc1c(NS(=O)(=O)c2ccc3c(c2)CCCO3)noc1C(C)(C)C. The third-order valence-corrected chi connectivity index (χ3v) is 5.36. The van der Waals surface area contributed by atoms with E-state index in [1.54, 1.807) is 25.1 Å². The van der Waals surface area contributed by atoms with E-state index in [1.807, 2.05) is 20.8 Å². The Hall–Kier alpha value is -2.02. The predicted octanol–water partition coefficient (Wildman–Crippen LogP) is 3.41. The molecule has 0 fully saturated rings. The molecule has 6 nitrogen and oxygen atoms in total. The minimum atomic E-state index is -3.73. The van der Waals surface area contributed by atoms with Gasteiger partial charge in [-0.15, -0.1) is 0 Å². The second-order valence-electron chi connectivity index (χ2n) is 7.06. The molecular weight excluding hydrogens is 328 g/mol. The number of sulfonamides is 1. The lowest BCUT2D eigenvalue weighted by Crippen LogP contribution is -2.16. The van der Waals surface area contributed by atoms with Gasteiger partial charge in [0.2, 0.25) is 0 Å². The van der Waals surface area contributed by atoms with Crippen LogP contribution < -0.4 is 9.46 Å². The Morgan fingerprint density at radius 3 is 2.67 bits per heavy atom. The summed E-state index contributed by atoms with van der Waals surface area (Å²) in [6, 6.07) is 4.92. The zero-order chi connectivity index (χ0) is 17.5. The quantitative estimate of drug-likeness (QED) is 0.917. The lowest BCUT2D eigenvalue weighted by atomic mass is 9.91. The van der Waals surface area contributed by atoms with Crippen molar-refractivity contribution < 1.29 is 17.7 Å². The van der Waals surface area contributed by atoms with Gasteiger partial charge in [0, 0.05) is 11.0 Å². The van der Waals surface area contributed by atoms with Crippen molar-refractivity contribution in [2.24, 2.45) is 0 Å². The average Bonchev–Trinajstić information content (AvgIpc) is 2.87. The molecule has 0 amide bonds. The monoisotopic (exact) mass is 350 g/mol.